The Kier molecular flexibility index (Phi) is 14.2. The molecule has 2 heterocycles. The second-order valence-electron chi connectivity index (χ2n) is 11.7. The third kappa shape index (κ3) is 10.7. The van der Waals surface area contributed by atoms with Crippen molar-refractivity contribution in [2.75, 3.05) is 26.9 Å². The molecule has 9 nitrogen and oxygen atoms in total. The number of allylic oxidation sites excluding steroid dienone is 3. The van der Waals surface area contributed by atoms with E-state index in [2.05, 4.69) is 18.2 Å². The zero-order chi connectivity index (χ0) is 31.0. The third-order valence-electron chi connectivity index (χ3n) is 8.44. The lowest BCUT2D eigenvalue weighted by atomic mass is 9.90. The topological polar surface area (TPSA) is 98.8 Å². The van der Waals surface area contributed by atoms with Gasteiger partial charge in [-0.25, -0.2) is 4.79 Å². The molecule has 3 fully saturated rings. The average molecular weight is 615 g/mol. The van der Waals surface area contributed by atoms with Crippen LogP contribution in [0, 0.1) is 11.8 Å². The van der Waals surface area contributed by atoms with Crippen molar-refractivity contribution in [1.29, 1.82) is 0 Å². The molecule has 0 amide bonds. The van der Waals surface area contributed by atoms with Crippen molar-refractivity contribution < 1.29 is 42.7 Å². The minimum absolute atomic E-state index is 0.125. The molecule has 1 aromatic rings. The normalized spacial score (nSPS) is 27.3. The first kappa shape index (κ1) is 34.2. The summed E-state index contributed by atoms with van der Waals surface area (Å²) in [5.41, 5.74) is 0. The van der Waals surface area contributed by atoms with Crippen LogP contribution < -0.4 is 4.74 Å². The number of rotatable bonds is 16. The van der Waals surface area contributed by atoms with E-state index in [9.17, 15) is 9.59 Å². The van der Waals surface area contributed by atoms with E-state index in [1.165, 1.54) is 14.0 Å². The first-order valence-electron chi connectivity index (χ1n) is 16.3. The van der Waals surface area contributed by atoms with Crippen molar-refractivity contribution >= 4 is 11.9 Å². The van der Waals surface area contributed by atoms with Crippen LogP contribution in [0.25, 0.3) is 0 Å². The third-order valence-corrected chi connectivity index (χ3v) is 8.44. The van der Waals surface area contributed by atoms with Gasteiger partial charge in [0.15, 0.2) is 12.6 Å². The van der Waals surface area contributed by atoms with E-state index in [1.54, 1.807) is 0 Å². The SMILES string of the molecule is COC(=O)C(CC/C=C\C[C@H]1[C@@H](OC(C)=O)CC[C@@H]1/C=C/CCOc1ccccc1)(OC1CCCCO1)OC1CCCCO1. The van der Waals surface area contributed by atoms with Crippen molar-refractivity contribution in [1.82, 2.24) is 0 Å². The molecular formula is C35H50O9. The Morgan fingerprint density at radius 2 is 1.59 bits per heavy atom. The average Bonchev–Trinajstić information content (AvgIpc) is 3.41. The van der Waals surface area contributed by atoms with E-state index in [1.807, 2.05) is 36.4 Å². The maximum absolute atomic E-state index is 13.2. The van der Waals surface area contributed by atoms with Crippen LogP contribution in [0.3, 0.4) is 0 Å². The largest absolute Gasteiger partial charge is 0.493 e. The molecule has 0 spiro atoms. The predicted molar refractivity (Wildman–Crippen MR) is 165 cm³/mol. The Bertz CT molecular complexity index is 1020. The number of hydrogen-bond acceptors (Lipinski definition) is 9. The summed E-state index contributed by atoms with van der Waals surface area (Å²) in [6.07, 6.45) is 16.7. The van der Waals surface area contributed by atoms with Crippen LogP contribution in [0.2, 0.25) is 0 Å². The molecule has 1 saturated carbocycles. The number of hydrogen-bond donors (Lipinski definition) is 0. The highest BCUT2D eigenvalue weighted by atomic mass is 16.8. The van der Waals surface area contributed by atoms with Gasteiger partial charge in [-0.1, -0.05) is 42.5 Å². The fourth-order valence-electron chi connectivity index (χ4n) is 6.20. The fraction of sp³-hybridized carbons (Fsp3) is 0.657. The first-order chi connectivity index (χ1) is 21.5. The monoisotopic (exact) mass is 614 g/mol. The smallest absolute Gasteiger partial charge is 0.366 e. The molecule has 244 valence electrons. The van der Waals surface area contributed by atoms with Gasteiger partial charge in [-0.2, -0.15) is 0 Å². The van der Waals surface area contributed by atoms with Crippen molar-refractivity contribution in [2.45, 2.75) is 108 Å². The molecule has 5 atom stereocenters. The number of carbonyl (C=O) groups excluding carboxylic acids is 2. The van der Waals surface area contributed by atoms with E-state index >= 15 is 0 Å². The summed E-state index contributed by atoms with van der Waals surface area (Å²) in [6.45, 7) is 3.25. The van der Waals surface area contributed by atoms with Gasteiger partial charge in [-0.3, -0.25) is 4.79 Å². The van der Waals surface area contributed by atoms with Crippen LogP contribution >= 0.6 is 0 Å². The van der Waals surface area contributed by atoms with Gasteiger partial charge < -0.3 is 33.2 Å². The fourth-order valence-corrected chi connectivity index (χ4v) is 6.20. The van der Waals surface area contributed by atoms with Crippen LogP contribution in [0.15, 0.2) is 54.6 Å². The summed E-state index contributed by atoms with van der Waals surface area (Å²) >= 11 is 0. The molecule has 2 saturated heterocycles. The first-order valence-corrected chi connectivity index (χ1v) is 16.3. The highest BCUT2D eigenvalue weighted by molar-refractivity contribution is 5.77. The Labute approximate surface area is 262 Å². The molecule has 0 bridgehead atoms. The maximum Gasteiger partial charge on any atom is 0.366 e. The molecule has 4 rings (SSSR count). The quantitative estimate of drug-likeness (QED) is 0.0877. The number of benzene rings is 1. The maximum atomic E-state index is 13.2. The van der Waals surface area contributed by atoms with Crippen LogP contribution in [0.5, 0.6) is 5.75 Å². The molecule has 2 aliphatic heterocycles. The standard InChI is InChI=1S/C35H50O9/c1-27(36)42-31-22-21-28(15-8-12-24-39-29-16-5-3-6-17-29)30(31)18-7-4-11-23-35(34(37)38-2,43-32-19-9-13-25-40-32)44-33-20-10-14-26-41-33/h3-8,15-17,28,30-33H,9-14,18-26H2,1-2H3/b7-4-,15-8+/t28-,30+,31-,32?,33?,35?/m0/s1. The molecule has 1 aliphatic carbocycles. The van der Waals surface area contributed by atoms with Crippen LogP contribution in [-0.2, 0) is 38.0 Å². The number of methoxy groups -OCH3 is 1. The van der Waals surface area contributed by atoms with E-state index in [0.717, 1.165) is 57.1 Å². The highest BCUT2D eigenvalue weighted by Gasteiger charge is 2.47. The molecule has 3 aliphatic rings. The van der Waals surface area contributed by atoms with E-state index < -0.39 is 24.3 Å². The predicted octanol–water partition coefficient (Wildman–Crippen LogP) is 6.65. The molecule has 0 aromatic heterocycles. The summed E-state index contributed by atoms with van der Waals surface area (Å²) in [6, 6.07) is 9.80. The van der Waals surface area contributed by atoms with Gasteiger partial charge in [0, 0.05) is 32.5 Å². The molecule has 0 radical (unpaired) electrons. The van der Waals surface area contributed by atoms with Crippen LogP contribution in [0.1, 0.15) is 84.0 Å². The van der Waals surface area contributed by atoms with Gasteiger partial charge in [0.25, 0.3) is 5.79 Å². The van der Waals surface area contributed by atoms with Crippen molar-refractivity contribution in [2.24, 2.45) is 11.8 Å². The Morgan fingerprint density at radius 3 is 2.20 bits per heavy atom. The second-order valence-corrected chi connectivity index (χ2v) is 11.7. The molecule has 1 aromatic carbocycles. The summed E-state index contributed by atoms with van der Waals surface area (Å²) in [7, 11) is 1.35. The van der Waals surface area contributed by atoms with E-state index in [4.69, 9.17) is 33.2 Å². The molecular weight excluding hydrogens is 564 g/mol. The minimum atomic E-state index is -1.62. The van der Waals surface area contributed by atoms with Crippen molar-refractivity contribution in [3.63, 3.8) is 0 Å². The lowest BCUT2D eigenvalue weighted by Gasteiger charge is -2.38. The van der Waals surface area contributed by atoms with Gasteiger partial charge in [0.2, 0.25) is 0 Å². The summed E-state index contributed by atoms with van der Waals surface area (Å²) in [5, 5.41) is 0. The van der Waals surface area contributed by atoms with Gasteiger partial charge >= 0.3 is 11.9 Å². The van der Waals surface area contributed by atoms with Gasteiger partial charge in [0.05, 0.1) is 13.7 Å². The van der Waals surface area contributed by atoms with E-state index in [-0.39, 0.29) is 24.4 Å². The van der Waals surface area contributed by atoms with Crippen LogP contribution in [-0.4, -0.2) is 63.3 Å². The number of esters is 2. The van der Waals surface area contributed by atoms with Crippen molar-refractivity contribution in [3.05, 3.63) is 54.6 Å². The molecule has 9 heteroatoms. The molecule has 0 N–H and O–H groups in total. The summed E-state index contributed by atoms with van der Waals surface area (Å²) in [5.74, 6) is -1.12. The number of para-hydroxylation sites is 1. The Morgan fingerprint density at radius 1 is 0.886 bits per heavy atom. The summed E-state index contributed by atoms with van der Waals surface area (Å²) < 4.78 is 40.9. The van der Waals surface area contributed by atoms with Crippen molar-refractivity contribution in [3.8, 4) is 5.75 Å². The van der Waals surface area contributed by atoms with Gasteiger partial charge in [-0.05, 0) is 88.7 Å². The number of ether oxygens (including phenoxy) is 7. The minimum Gasteiger partial charge on any atom is -0.493 e. The van der Waals surface area contributed by atoms with Gasteiger partial charge in [0.1, 0.15) is 11.9 Å². The number of carbonyl (C=O) groups is 2. The van der Waals surface area contributed by atoms with Crippen LogP contribution in [0.4, 0.5) is 0 Å². The lowest BCUT2D eigenvalue weighted by molar-refractivity contribution is -0.352. The Hall–Kier alpha value is -2.72. The second kappa shape index (κ2) is 18.3. The van der Waals surface area contributed by atoms with Gasteiger partial charge in [-0.15, -0.1) is 0 Å². The molecule has 2 unspecified atom stereocenters. The zero-order valence-corrected chi connectivity index (χ0v) is 26.4. The zero-order valence-electron chi connectivity index (χ0n) is 26.4. The summed E-state index contributed by atoms with van der Waals surface area (Å²) in [4.78, 5) is 25.0. The lowest BCUT2D eigenvalue weighted by Crippen LogP contribution is -2.51. The molecule has 44 heavy (non-hydrogen) atoms. The Balaban J connectivity index is 1.36. The highest BCUT2D eigenvalue weighted by Crippen LogP contribution is 2.38. The van der Waals surface area contributed by atoms with E-state index in [0.29, 0.717) is 45.0 Å².